The van der Waals surface area contributed by atoms with Gasteiger partial charge in [-0.2, -0.15) is 0 Å². The van der Waals surface area contributed by atoms with Crippen LogP contribution in [0.4, 0.5) is 4.79 Å². The van der Waals surface area contributed by atoms with Gasteiger partial charge in [0.2, 0.25) is 0 Å². The molecule has 1 rings (SSSR count). The molecule has 1 heterocycles. The van der Waals surface area contributed by atoms with Crippen molar-refractivity contribution in [3.63, 3.8) is 0 Å². The monoisotopic (exact) mass is 214 g/mol. The highest BCUT2D eigenvalue weighted by Gasteiger charge is 2.35. The zero-order valence-corrected chi connectivity index (χ0v) is 8.04. The highest BCUT2D eigenvalue weighted by atomic mass is 16.6. The summed E-state index contributed by atoms with van der Waals surface area (Å²) in [7, 11) is 0. The van der Waals surface area contributed by atoms with Crippen LogP contribution in [-0.2, 0) is 14.3 Å². The first-order chi connectivity index (χ1) is 7.19. The van der Waals surface area contributed by atoms with E-state index >= 15 is 0 Å². The number of carbonyl (C=O) groups excluding carboxylic acids is 2. The predicted molar refractivity (Wildman–Crippen MR) is 47.8 cm³/mol. The fourth-order valence-corrected chi connectivity index (χ4v) is 1.15. The van der Waals surface area contributed by atoms with Gasteiger partial charge < -0.3 is 14.8 Å². The van der Waals surface area contributed by atoms with E-state index in [1.807, 2.05) is 0 Å². The van der Waals surface area contributed by atoms with E-state index in [4.69, 9.17) is 10.3 Å². The molecule has 2 atom stereocenters. The summed E-state index contributed by atoms with van der Waals surface area (Å²) in [6.07, 6.45) is -0.637. The van der Waals surface area contributed by atoms with Crippen LogP contribution in [0.2, 0.25) is 0 Å². The number of nitrogens with zero attached hydrogens (tertiary/aromatic N) is 3. The Morgan fingerprint density at radius 3 is 3.13 bits per heavy atom. The van der Waals surface area contributed by atoms with Crippen LogP contribution in [0.25, 0.3) is 10.4 Å². The van der Waals surface area contributed by atoms with Crippen molar-refractivity contribution in [1.29, 1.82) is 0 Å². The van der Waals surface area contributed by atoms with Crippen LogP contribution in [0.15, 0.2) is 5.11 Å². The normalized spacial score (nSPS) is 20.9. The second-order valence-electron chi connectivity index (χ2n) is 2.75. The van der Waals surface area contributed by atoms with Crippen molar-refractivity contribution in [2.24, 2.45) is 5.11 Å². The van der Waals surface area contributed by atoms with Gasteiger partial charge in [0, 0.05) is 4.91 Å². The number of carbonyl (C=O) groups is 2. The van der Waals surface area contributed by atoms with Crippen LogP contribution in [0.1, 0.15) is 6.92 Å². The van der Waals surface area contributed by atoms with E-state index in [1.54, 1.807) is 6.92 Å². The lowest BCUT2D eigenvalue weighted by Gasteiger charge is -2.14. The largest absolute Gasteiger partial charge is 0.466 e. The molecule has 1 N–H and O–H groups in total. The Balaban J connectivity index is 2.69. The van der Waals surface area contributed by atoms with Crippen LogP contribution in [0.5, 0.6) is 0 Å². The number of ether oxygens (including phenoxy) is 2. The van der Waals surface area contributed by atoms with Crippen molar-refractivity contribution in [3.05, 3.63) is 10.4 Å². The van der Waals surface area contributed by atoms with Gasteiger partial charge in [-0.3, -0.25) is 4.79 Å². The fraction of sp³-hybridized carbons (Fsp3) is 0.714. The minimum atomic E-state index is -1.08. The van der Waals surface area contributed by atoms with Gasteiger partial charge in [0.05, 0.1) is 12.6 Å². The summed E-state index contributed by atoms with van der Waals surface area (Å²) in [6, 6.07) is -1.74. The summed E-state index contributed by atoms with van der Waals surface area (Å²) in [5.74, 6) is -0.675. The average Bonchev–Trinajstić information content (AvgIpc) is 2.61. The highest BCUT2D eigenvalue weighted by molar-refractivity contribution is 5.79. The van der Waals surface area contributed by atoms with Crippen LogP contribution in [0, 0.1) is 0 Å². The van der Waals surface area contributed by atoms with E-state index in [1.165, 1.54) is 0 Å². The summed E-state index contributed by atoms with van der Waals surface area (Å²) in [6.45, 7) is 1.80. The number of nitrogens with one attached hydrogen (secondary N) is 1. The van der Waals surface area contributed by atoms with Crippen LogP contribution in [-0.4, -0.2) is 37.4 Å². The molecule has 1 amide bonds. The summed E-state index contributed by atoms with van der Waals surface area (Å²) >= 11 is 0. The molecule has 0 radical (unpaired) electrons. The first-order valence-corrected chi connectivity index (χ1v) is 4.33. The molecule has 8 heteroatoms. The second-order valence-corrected chi connectivity index (χ2v) is 2.75. The Kier molecular flexibility index (Phi) is 3.75. The molecule has 15 heavy (non-hydrogen) atoms. The quantitative estimate of drug-likeness (QED) is 0.314. The third-order valence-corrected chi connectivity index (χ3v) is 1.78. The molecule has 0 spiro atoms. The van der Waals surface area contributed by atoms with Gasteiger partial charge in [-0.05, 0) is 12.5 Å². The van der Waals surface area contributed by atoms with Gasteiger partial charge in [-0.1, -0.05) is 5.11 Å². The number of esters is 1. The molecule has 0 aliphatic carbocycles. The standard InChI is InChI=1S/C7H10N4O4/c1-2-14-6(12)5(10-11-8)4-3-15-7(13)9-4/h4-5H,2-3H2,1H3,(H,9,13)/t4-,5-/m1/s1. The molecule has 0 saturated carbocycles. The first-order valence-electron chi connectivity index (χ1n) is 4.33. The van der Waals surface area contributed by atoms with Gasteiger partial charge in [-0.15, -0.1) is 0 Å². The molecule has 82 valence electrons. The Bertz CT molecular complexity index is 312. The third kappa shape index (κ3) is 2.75. The maximum atomic E-state index is 11.3. The van der Waals surface area contributed by atoms with Gasteiger partial charge in [0.25, 0.3) is 0 Å². The number of amides is 1. The Hall–Kier alpha value is -1.95. The number of hydrogen-bond donors (Lipinski definition) is 1. The van der Waals surface area contributed by atoms with Crippen molar-refractivity contribution in [3.8, 4) is 0 Å². The molecule has 1 saturated heterocycles. The Morgan fingerprint density at radius 2 is 2.67 bits per heavy atom. The van der Waals surface area contributed by atoms with Crippen LogP contribution >= 0.6 is 0 Å². The first kappa shape index (κ1) is 11.1. The number of hydrogen-bond acceptors (Lipinski definition) is 5. The summed E-state index contributed by atoms with van der Waals surface area (Å²) in [4.78, 5) is 24.6. The maximum absolute atomic E-state index is 11.3. The van der Waals surface area contributed by atoms with E-state index in [0.717, 1.165) is 0 Å². The Morgan fingerprint density at radius 1 is 1.93 bits per heavy atom. The summed E-state index contributed by atoms with van der Waals surface area (Å²) < 4.78 is 9.27. The molecular weight excluding hydrogens is 204 g/mol. The van der Waals surface area contributed by atoms with Crippen molar-refractivity contribution < 1.29 is 19.1 Å². The fourth-order valence-electron chi connectivity index (χ4n) is 1.15. The molecule has 1 aliphatic heterocycles. The molecule has 1 fully saturated rings. The summed E-state index contributed by atoms with van der Waals surface area (Å²) in [5, 5.41) is 5.62. The molecule has 0 aromatic rings. The van der Waals surface area contributed by atoms with Crippen molar-refractivity contribution in [2.45, 2.75) is 19.0 Å². The van der Waals surface area contributed by atoms with E-state index in [9.17, 15) is 9.59 Å². The van der Waals surface area contributed by atoms with Crippen molar-refractivity contribution in [1.82, 2.24) is 5.32 Å². The van der Waals surface area contributed by atoms with E-state index in [-0.39, 0.29) is 13.2 Å². The highest BCUT2D eigenvalue weighted by Crippen LogP contribution is 2.09. The topological polar surface area (TPSA) is 113 Å². The SMILES string of the molecule is CCOC(=O)[C@H](N=[N+]=[N-])[C@H]1COC(=O)N1. The second kappa shape index (κ2) is 5.06. The molecule has 8 nitrogen and oxygen atoms in total. The van der Waals surface area contributed by atoms with Crippen molar-refractivity contribution >= 4 is 12.1 Å². The molecule has 0 aromatic heterocycles. The van der Waals surface area contributed by atoms with Gasteiger partial charge in [-0.25, -0.2) is 4.79 Å². The van der Waals surface area contributed by atoms with Gasteiger partial charge in [0.15, 0.2) is 6.04 Å². The smallest absolute Gasteiger partial charge is 0.407 e. The number of azide groups is 1. The zero-order chi connectivity index (χ0) is 11.3. The zero-order valence-electron chi connectivity index (χ0n) is 8.04. The lowest BCUT2D eigenvalue weighted by atomic mass is 10.1. The van der Waals surface area contributed by atoms with Gasteiger partial charge in [0.1, 0.15) is 6.61 Å². The minimum Gasteiger partial charge on any atom is -0.466 e. The molecule has 0 aromatic carbocycles. The number of alkyl carbamates (subject to hydrolysis) is 1. The van der Waals surface area contributed by atoms with Crippen LogP contribution in [0.3, 0.4) is 0 Å². The third-order valence-electron chi connectivity index (χ3n) is 1.78. The summed E-state index contributed by atoms with van der Waals surface area (Å²) in [5.41, 5.74) is 8.28. The van der Waals surface area contributed by atoms with E-state index < -0.39 is 24.1 Å². The molecule has 0 unspecified atom stereocenters. The maximum Gasteiger partial charge on any atom is 0.407 e. The number of rotatable bonds is 4. The predicted octanol–water partition coefficient (Wildman–Crippen LogP) is 0.337. The Labute approximate surface area is 85.2 Å². The number of cyclic esters (lactones) is 1. The lowest BCUT2D eigenvalue weighted by molar-refractivity contribution is -0.145. The van der Waals surface area contributed by atoms with E-state index in [2.05, 4.69) is 20.1 Å². The lowest BCUT2D eigenvalue weighted by Crippen LogP contribution is -2.42. The van der Waals surface area contributed by atoms with Crippen molar-refractivity contribution in [2.75, 3.05) is 13.2 Å². The minimum absolute atomic E-state index is 0.0126. The van der Waals surface area contributed by atoms with Gasteiger partial charge >= 0.3 is 12.1 Å². The molecule has 1 aliphatic rings. The van der Waals surface area contributed by atoms with Crippen LogP contribution < -0.4 is 5.32 Å². The average molecular weight is 214 g/mol. The molecular formula is C7H10N4O4. The van der Waals surface area contributed by atoms with E-state index in [0.29, 0.717) is 0 Å². The molecule has 0 bridgehead atoms.